The van der Waals surface area contributed by atoms with Gasteiger partial charge in [-0.3, -0.25) is 0 Å². The van der Waals surface area contributed by atoms with Crippen molar-refractivity contribution in [2.24, 2.45) is 0 Å². The van der Waals surface area contributed by atoms with Gasteiger partial charge < -0.3 is 14.8 Å². The van der Waals surface area contributed by atoms with E-state index in [1.807, 2.05) is 25.3 Å². The standard InChI is InChI=1S/C12H16N2O2S/c1-8(15)5-13-6-10-7-14-12(17-10)11-4-3-9(2)16-11/h3-4,7-8,13,15H,5-6H2,1-2H3. The Balaban J connectivity index is 1.96. The molecule has 2 rings (SSSR count). The van der Waals surface area contributed by atoms with Gasteiger partial charge in [0, 0.05) is 24.2 Å². The largest absolute Gasteiger partial charge is 0.459 e. The van der Waals surface area contributed by atoms with Crippen LogP contribution in [0.25, 0.3) is 10.8 Å². The van der Waals surface area contributed by atoms with Crippen LogP contribution in [0.15, 0.2) is 22.7 Å². The molecule has 4 nitrogen and oxygen atoms in total. The van der Waals surface area contributed by atoms with E-state index in [9.17, 15) is 0 Å². The van der Waals surface area contributed by atoms with Crippen molar-refractivity contribution in [2.75, 3.05) is 6.54 Å². The Labute approximate surface area is 104 Å². The first-order valence-electron chi connectivity index (χ1n) is 5.55. The predicted octanol–water partition coefficient (Wildman–Crippen LogP) is 2.18. The third-order valence-electron chi connectivity index (χ3n) is 2.24. The smallest absolute Gasteiger partial charge is 0.162 e. The Bertz CT molecular complexity index is 476. The summed E-state index contributed by atoms with van der Waals surface area (Å²) in [6.45, 7) is 4.99. The first-order chi connectivity index (χ1) is 8.15. The lowest BCUT2D eigenvalue weighted by molar-refractivity contribution is 0.191. The average molecular weight is 252 g/mol. The Morgan fingerprint density at radius 1 is 1.53 bits per heavy atom. The van der Waals surface area contributed by atoms with Crippen molar-refractivity contribution in [1.82, 2.24) is 10.3 Å². The number of furan rings is 1. The molecule has 17 heavy (non-hydrogen) atoms. The second-order valence-corrected chi connectivity index (χ2v) is 5.14. The van der Waals surface area contributed by atoms with Crippen molar-refractivity contribution in [3.8, 4) is 10.8 Å². The molecule has 92 valence electrons. The minimum atomic E-state index is -0.324. The number of aliphatic hydroxyl groups excluding tert-OH is 1. The Morgan fingerprint density at radius 2 is 2.35 bits per heavy atom. The van der Waals surface area contributed by atoms with Crippen molar-refractivity contribution in [1.29, 1.82) is 0 Å². The Hall–Kier alpha value is -1.17. The van der Waals surface area contributed by atoms with E-state index < -0.39 is 0 Å². The average Bonchev–Trinajstić information content (AvgIpc) is 2.86. The molecule has 0 amide bonds. The van der Waals surface area contributed by atoms with Crippen LogP contribution in [0.5, 0.6) is 0 Å². The lowest BCUT2D eigenvalue weighted by Crippen LogP contribution is -2.23. The van der Waals surface area contributed by atoms with E-state index in [1.54, 1.807) is 18.3 Å². The van der Waals surface area contributed by atoms with Crippen LogP contribution < -0.4 is 5.32 Å². The summed E-state index contributed by atoms with van der Waals surface area (Å²) in [5.74, 6) is 1.71. The van der Waals surface area contributed by atoms with Gasteiger partial charge >= 0.3 is 0 Å². The molecular formula is C12H16N2O2S. The maximum atomic E-state index is 9.13. The van der Waals surface area contributed by atoms with Crippen LogP contribution in [-0.4, -0.2) is 22.7 Å². The summed E-state index contributed by atoms with van der Waals surface area (Å²) in [6.07, 6.45) is 1.52. The summed E-state index contributed by atoms with van der Waals surface area (Å²) >= 11 is 1.60. The molecular weight excluding hydrogens is 236 g/mol. The number of aryl methyl sites for hydroxylation is 1. The van der Waals surface area contributed by atoms with Gasteiger partial charge in [0.2, 0.25) is 0 Å². The van der Waals surface area contributed by atoms with Gasteiger partial charge in [0.25, 0.3) is 0 Å². The number of aliphatic hydroxyl groups is 1. The number of aromatic nitrogens is 1. The molecule has 2 aromatic rings. The van der Waals surface area contributed by atoms with Crippen molar-refractivity contribution in [3.05, 3.63) is 29.0 Å². The number of thiazole rings is 1. The van der Waals surface area contributed by atoms with Crippen LogP contribution >= 0.6 is 11.3 Å². The molecule has 0 radical (unpaired) electrons. The predicted molar refractivity (Wildman–Crippen MR) is 67.9 cm³/mol. The third kappa shape index (κ3) is 3.39. The lowest BCUT2D eigenvalue weighted by atomic mass is 10.4. The summed E-state index contributed by atoms with van der Waals surface area (Å²) < 4.78 is 5.51. The molecule has 1 unspecified atom stereocenters. The molecule has 0 aromatic carbocycles. The van der Waals surface area contributed by atoms with E-state index in [2.05, 4.69) is 10.3 Å². The number of nitrogens with one attached hydrogen (secondary N) is 1. The van der Waals surface area contributed by atoms with Crippen LogP contribution in [0.1, 0.15) is 17.6 Å². The fraction of sp³-hybridized carbons (Fsp3) is 0.417. The van der Waals surface area contributed by atoms with Gasteiger partial charge in [-0.05, 0) is 26.0 Å². The SMILES string of the molecule is Cc1ccc(-c2ncc(CNCC(C)O)s2)o1. The van der Waals surface area contributed by atoms with Crippen molar-refractivity contribution in [3.63, 3.8) is 0 Å². The van der Waals surface area contributed by atoms with Gasteiger partial charge in [-0.25, -0.2) is 4.98 Å². The topological polar surface area (TPSA) is 58.3 Å². The van der Waals surface area contributed by atoms with Crippen LogP contribution in [0.4, 0.5) is 0 Å². The molecule has 0 fully saturated rings. The zero-order chi connectivity index (χ0) is 12.3. The molecule has 2 N–H and O–H groups in total. The highest BCUT2D eigenvalue weighted by Gasteiger charge is 2.08. The van der Waals surface area contributed by atoms with E-state index in [0.717, 1.165) is 28.0 Å². The first-order valence-corrected chi connectivity index (χ1v) is 6.37. The van der Waals surface area contributed by atoms with Crippen LogP contribution in [-0.2, 0) is 6.54 Å². The first kappa shape index (κ1) is 12.3. The number of rotatable bonds is 5. The van der Waals surface area contributed by atoms with Crippen LogP contribution in [0.2, 0.25) is 0 Å². The van der Waals surface area contributed by atoms with Gasteiger partial charge in [-0.15, -0.1) is 11.3 Å². The summed E-state index contributed by atoms with van der Waals surface area (Å²) in [7, 11) is 0. The van der Waals surface area contributed by atoms with E-state index in [4.69, 9.17) is 9.52 Å². The molecule has 0 saturated carbocycles. The molecule has 0 aliphatic rings. The number of nitrogens with zero attached hydrogens (tertiary/aromatic N) is 1. The van der Waals surface area contributed by atoms with Gasteiger partial charge in [0.05, 0.1) is 6.10 Å². The molecule has 0 aliphatic heterocycles. The molecule has 0 aliphatic carbocycles. The van der Waals surface area contributed by atoms with Crippen molar-refractivity contribution >= 4 is 11.3 Å². The second kappa shape index (κ2) is 5.44. The van der Waals surface area contributed by atoms with Crippen LogP contribution in [0, 0.1) is 6.92 Å². The molecule has 2 heterocycles. The summed E-state index contributed by atoms with van der Waals surface area (Å²) in [5, 5.41) is 13.2. The zero-order valence-corrected chi connectivity index (χ0v) is 10.8. The van der Waals surface area contributed by atoms with Gasteiger partial charge in [-0.2, -0.15) is 0 Å². The minimum Gasteiger partial charge on any atom is -0.459 e. The molecule has 0 spiro atoms. The Morgan fingerprint density at radius 3 is 3.00 bits per heavy atom. The summed E-state index contributed by atoms with van der Waals surface area (Å²) in [5.41, 5.74) is 0. The fourth-order valence-corrected chi connectivity index (χ4v) is 2.30. The van der Waals surface area contributed by atoms with Crippen molar-refractivity contribution in [2.45, 2.75) is 26.5 Å². The van der Waals surface area contributed by atoms with Crippen LogP contribution in [0.3, 0.4) is 0 Å². The normalized spacial score (nSPS) is 12.9. The van der Waals surface area contributed by atoms with E-state index in [1.165, 1.54) is 0 Å². The number of hydrogen-bond acceptors (Lipinski definition) is 5. The molecule has 0 saturated heterocycles. The summed E-state index contributed by atoms with van der Waals surface area (Å²) in [6, 6.07) is 3.86. The number of hydrogen-bond donors (Lipinski definition) is 2. The van der Waals surface area contributed by atoms with E-state index in [0.29, 0.717) is 6.54 Å². The highest BCUT2D eigenvalue weighted by atomic mass is 32.1. The maximum absolute atomic E-state index is 9.13. The highest BCUT2D eigenvalue weighted by Crippen LogP contribution is 2.26. The third-order valence-corrected chi connectivity index (χ3v) is 3.26. The van der Waals surface area contributed by atoms with Gasteiger partial charge in [0.1, 0.15) is 5.76 Å². The van der Waals surface area contributed by atoms with Gasteiger partial charge in [0.15, 0.2) is 10.8 Å². The van der Waals surface area contributed by atoms with Gasteiger partial charge in [-0.1, -0.05) is 0 Å². The molecule has 5 heteroatoms. The Kier molecular flexibility index (Phi) is 3.93. The highest BCUT2D eigenvalue weighted by molar-refractivity contribution is 7.14. The monoisotopic (exact) mass is 252 g/mol. The van der Waals surface area contributed by atoms with E-state index >= 15 is 0 Å². The summed E-state index contributed by atoms with van der Waals surface area (Å²) in [4.78, 5) is 5.45. The zero-order valence-electron chi connectivity index (χ0n) is 9.93. The minimum absolute atomic E-state index is 0.324. The molecule has 0 bridgehead atoms. The fourth-order valence-electron chi connectivity index (χ4n) is 1.46. The molecule has 1 atom stereocenters. The quantitative estimate of drug-likeness (QED) is 0.856. The maximum Gasteiger partial charge on any atom is 0.162 e. The lowest BCUT2D eigenvalue weighted by Gasteiger charge is -2.04. The second-order valence-electron chi connectivity index (χ2n) is 4.02. The van der Waals surface area contributed by atoms with E-state index in [-0.39, 0.29) is 6.10 Å². The molecule has 2 aromatic heterocycles. The van der Waals surface area contributed by atoms with Crippen molar-refractivity contribution < 1.29 is 9.52 Å².